The van der Waals surface area contributed by atoms with E-state index in [1.807, 2.05) is 36.4 Å². The summed E-state index contributed by atoms with van der Waals surface area (Å²) in [5.74, 6) is 1.51. The summed E-state index contributed by atoms with van der Waals surface area (Å²) in [4.78, 5) is 0. The molecule has 0 atom stereocenters. The Morgan fingerprint density at radius 3 is 2.70 bits per heavy atom. The number of hydrogen-bond donors (Lipinski definition) is 3. The van der Waals surface area contributed by atoms with Crippen molar-refractivity contribution in [3.8, 4) is 11.3 Å². The minimum Gasteiger partial charge on any atom is -0.459 e. The van der Waals surface area contributed by atoms with E-state index in [0.29, 0.717) is 6.54 Å². The molecule has 2 aromatic carbocycles. The highest BCUT2D eigenvalue weighted by Gasteiger charge is 2.08. The van der Waals surface area contributed by atoms with Crippen LogP contribution in [0.2, 0.25) is 0 Å². The number of hydrogen-bond acceptors (Lipinski definition) is 2. The molecule has 0 bridgehead atoms. The molecule has 0 aliphatic carbocycles. The maximum absolute atomic E-state index is 7.15. The van der Waals surface area contributed by atoms with Gasteiger partial charge in [-0.1, -0.05) is 42.5 Å². The first-order chi connectivity index (χ1) is 9.74. The van der Waals surface area contributed by atoms with Crippen LogP contribution in [0, 0.1) is 5.41 Å². The van der Waals surface area contributed by atoms with Gasteiger partial charge in [0.25, 0.3) is 0 Å². The van der Waals surface area contributed by atoms with Gasteiger partial charge in [0.05, 0.1) is 6.54 Å². The van der Waals surface area contributed by atoms with Crippen LogP contribution >= 0.6 is 0 Å². The van der Waals surface area contributed by atoms with Crippen molar-refractivity contribution in [2.24, 2.45) is 5.73 Å². The number of benzene rings is 2. The predicted octanol–water partition coefficient (Wildman–Crippen LogP) is 3.08. The van der Waals surface area contributed by atoms with Gasteiger partial charge in [-0.25, -0.2) is 0 Å². The van der Waals surface area contributed by atoms with Crippen LogP contribution in [-0.2, 0) is 6.54 Å². The molecule has 4 nitrogen and oxygen atoms in total. The number of guanidine groups is 1. The van der Waals surface area contributed by atoms with E-state index in [4.69, 9.17) is 15.6 Å². The van der Waals surface area contributed by atoms with E-state index in [2.05, 4.69) is 23.5 Å². The van der Waals surface area contributed by atoms with Crippen LogP contribution in [0.5, 0.6) is 0 Å². The fourth-order valence-corrected chi connectivity index (χ4v) is 2.24. The van der Waals surface area contributed by atoms with Gasteiger partial charge in [0.2, 0.25) is 0 Å². The average molecular weight is 265 g/mol. The second-order valence-corrected chi connectivity index (χ2v) is 4.56. The Kier molecular flexibility index (Phi) is 3.13. The first-order valence-corrected chi connectivity index (χ1v) is 6.39. The Balaban J connectivity index is 1.97. The topological polar surface area (TPSA) is 75.0 Å². The monoisotopic (exact) mass is 265 g/mol. The van der Waals surface area contributed by atoms with E-state index in [1.54, 1.807) is 0 Å². The summed E-state index contributed by atoms with van der Waals surface area (Å²) < 4.78 is 5.81. The van der Waals surface area contributed by atoms with Crippen molar-refractivity contribution in [1.29, 1.82) is 5.41 Å². The summed E-state index contributed by atoms with van der Waals surface area (Å²) in [6.07, 6.45) is 0. The Hall–Kier alpha value is -2.75. The van der Waals surface area contributed by atoms with E-state index in [9.17, 15) is 0 Å². The van der Waals surface area contributed by atoms with E-state index >= 15 is 0 Å². The van der Waals surface area contributed by atoms with Crippen molar-refractivity contribution in [1.82, 2.24) is 5.32 Å². The molecule has 4 heteroatoms. The SMILES string of the molecule is N=C(N)NCc1ccc(-c2cccc3ccccc23)o1. The van der Waals surface area contributed by atoms with Crippen molar-refractivity contribution >= 4 is 16.7 Å². The highest BCUT2D eigenvalue weighted by Crippen LogP contribution is 2.29. The minimum absolute atomic E-state index is 0.0619. The molecule has 0 amide bonds. The summed E-state index contributed by atoms with van der Waals surface area (Å²) in [6.45, 7) is 0.417. The smallest absolute Gasteiger partial charge is 0.186 e. The highest BCUT2D eigenvalue weighted by atomic mass is 16.3. The summed E-state index contributed by atoms with van der Waals surface area (Å²) in [7, 11) is 0. The number of nitrogens with two attached hydrogens (primary N) is 1. The maximum atomic E-state index is 7.15. The summed E-state index contributed by atoms with van der Waals surface area (Å²) >= 11 is 0. The third kappa shape index (κ3) is 2.36. The molecule has 0 saturated heterocycles. The molecule has 0 saturated carbocycles. The molecule has 0 spiro atoms. The normalized spacial score (nSPS) is 10.6. The molecule has 3 aromatic rings. The van der Waals surface area contributed by atoms with Crippen LogP contribution < -0.4 is 11.1 Å². The second-order valence-electron chi connectivity index (χ2n) is 4.56. The van der Waals surface area contributed by atoms with Gasteiger partial charge >= 0.3 is 0 Å². The molecule has 0 fully saturated rings. The van der Waals surface area contributed by atoms with Crippen LogP contribution in [0.15, 0.2) is 59.0 Å². The van der Waals surface area contributed by atoms with Crippen LogP contribution in [0.4, 0.5) is 0 Å². The molecule has 0 radical (unpaired) electrons. The zero-order chi connectivity index (χ0) is 13.9. The summed E-state index contributed by atoms with van der Waals surface area (Å²) in [5.41, 5.74) is 6.33. The second kappa shape index (κ2) is 5.09. The zero-order valence-electron chi connectivity index (χ0n) is 10.9. The molecule has 1 aromatic heterocycles. The lowest BCUT2D eigenvalue weighted by Gasteiger charge is -2.04. The first-order valence-electron chi connectivity index (χ1n) is 6.39. The van der Waals surface area contributed by atoms with E-state index in [-0.39, 0.29) is 5.96 Å². The molecule has 0 unspecified atom stereocenters. The molecule has 0 aliphatic heterocycles. The first kappa shape index (κ1) is 12.3. The van der Waals surface area contributed by atoms with Gasteiger partial charge in [0, 0.05) is 5.56 Å². The Morgan fingerprint density at radius 1 is 1.05 bits per heavy atom. The van der Waals surface area contributed by atoms with Crippen molar-refractivity contribution in [2.45, 2.75) is 6.54 Å². The zero-order valence-corrected chi connectivity index (χ0v) is 10.9. The summed E-state index contributed by atoms with van der Waals surface area (Å²) in [6, 6.07) is 18.2. The lowest BCUT2D eigenvalue weighted by molar-refractivity contribution is 0.515. The fraction of sp³-hybridized carbons (Fsp3) is 0.0625. The van der Waals surface area contributed by atoms with Crippen LogP contribution in [0.25, 0.3) is 22.1 Å². The number of furan rings is 1. The molecular weight excluding hydrogens is 250 g/mol. The van der Waals surface area contributed by atoms with Crippen LogP contribution in [-0.4, -0.2) is 5.96 Å². The van der Waals surface area contributed by atoms with E-state index in [1.165, 1.54) is 5.39 Å². The van der Waals surface area contributed by atoms with E-state index in [0.717, 1.165) is 22.5 Å². The lowest BCUT2D eigenvalue weighted by Crippen LogP contribution is -2.29. The van der Waals surface area contributed by atoms with Gasteiger partial charge in [-0.15, -0.1) is 0 Å². The van der Waals surface area contributed by atoms with Gasteiger partial charge in [-0.2, -0.15) is 0 Å². The average Bonchev–Trinajstić information content (AvgIpc) is 2.93. The molecule has 3 rings (SSSR count). The van der Waals surface area contributed by atoms with Gasteiger partial charge < -0.3 is 15.5 Å². The maximum Gasteiger partial charge on any atom is 0.186 e. The van der Waals surface area contributed by atoms with Crippen molar-refractivity contribution in [3.05, 3.63) is 60.4 Å². The molecule has 0 aliphatic rings. The molecule has 4 N–H and O–H groups in total. The van der Waals surface area contributed by atoms with Gasteiger partial charge in [-0.05, 0) is 22.9 Å². The molecule has 1 heterocycles. The quantitative estimate of drug-likeness (QED) is 0.503. The Labute approximate surface area is 116 Å². The van der Waals surface area contributed by atoms with Gasteiger partial charge in [0.1, 0.15) is 11.5 Å². The predicted molar refractivity (Wildman–Crippen MR) is 80.4 cm³/mol. The third-order valence-electron chi connectivity index (χ3n) is 3.17. The standard InChI is InChI=1S/C16H15N3O/c17-16(18)19-10-12-8-9-15(20-12)14-7-3-5-11-4-1-2-6-13(11)14/h1-9H,10H2,(H4,17,18,19). The largest absolute Gasteiger partial charge is 0.459 e. The molecule has 20 heavy (non-hydrogen) atoms. The third-order valence-corrected chi connectivity index (χ3v) is 3.17. The van der Waals surface area contributed by atoms with E-state index < -0.39 is 0 Å². The summed E-state index contributed by atoms with van der Waals surface area (Å²) in [5, 5.41) is 12.2. The Bertz CT molecular complexity index is 756. The fourth-order valence-electron chi connectivity index (χ4n) is 2.24. The van der Waals surface area contributed by atoms with Crippen molar-refractivity contribution in [3.63, 3.8) is 0 Å². The minimum atomic E-state index is -0.0619. The number of nitrogens with one attached hydrogen (secondary N) is 2. The Morgan fingerprint density at radius 2 is 1.85 bits per heavy atom. The van der Waals surface area contributed by atoms with Gasteiger partial charge in [-0.3, -0.25) is 5.41 Å². The van der Waals surface area contributed by atoms with Gasteiger partial charge in [0.15, 0.2) is 5.96 Å². The lowest BCUT2D eigenvalue weighted by atomic mass is 10.0. The molecule has 100 valence electrons. The van der Waals surface area contributed by atoms with Crippen molar-refractivity contribution in [2.75, 3.05) is 0 Å². The number of rotatable bonds is 3. The highest BCUT2D eigenvalue weighted by molar-refractivity contribution is 5.95. The van der Waals surface area contributed by atoms with Crippen LogP contribution in [0.3, 0.4) is 0 Å². The van der Waals surface area contributed by atoms with Crippen molar-refractivity contribution < 1.29 is 4.42 Å². The molecular formula is C16H15N3O. The van der Waals surface area contributed by atoms with Crippen LogP contribution in [0.1, 0.15) is 5.76 Å². The number of fused-ring (bicyclic) bond motifs is 1.